The van der Waals surface area contributed by atoms with Crippen molar-refractivity contribution < 1.29 is 34.1 Å². The fourth-order valence-electron chi connectivity index (χ4n) is 5.14. The highest BCUT2D eigenvalue weighted by Gasteiger charge is 2.56. The van der Waals surface area contributed by atoms with Gasteiger partial charge >= 0.3 is 11.9 Å². The number of fused-ring (bicyclic) bond motifs is 1. The molecular formula is C23H31NO7. The van der Waals surface area contributed by atoms with Crippen LogP contribution in [0.1, 0.15) is 51.0 Å². The van der Waals surface area contributed by atoms with Crippen molar-refractivity contribution in [2.45, 2.75) is 76.1 Å². The summed E-state index contributed by atoms with van der Waals surface area (Å²) in [6, 6.07) is 10.1. The van der Waals surface area contributed by atoms with E-state index in [0.717, 1.165) is 31.2 Å². The summed E-state index contributed by atoms with van der Waals surface area (Å²) in [4.78, 5) is 29.9. The van der Waals surface area contributed by atoms with E-state index in [-0.39, 0.29) is 12.0 Å². The molecule has 2 aliphatic heterocycles. The standard InChI is InChI=1S/C23H31NO7/c1-15(29-14-16-6-3-2-4-7-16)17-8-10-18(11-9-17)23-12-5-13-24(23)31-22(28)20(26)19(25)21(27)30-23/h2-4,6-7,15,17-20,25-26H,5,8-14H2,1H3/t15-,17?,18?,19?,20?,23-/m1/s1. The minimum Gasteiger partial charge on any atom is -0.438 e. The van der Waals surface area contributed by atoms with E-state index >= 15 is 0 Å². The van der Waals surface area contributed by atoms with Crippen LogP contribution in [0.25, 0.3) is 0 Å². The molecule has 170 valence electrons. The molecule has 3 aliphatic rings. The molecule has 1 aliphatic carbocycles. The molecule has 2 heterocycles. The summed E-state index contributed by atoms with van der Waals surface area (Å²) >= 11 is 0. The minimum absolute atomic E-state index is 0.0215. The number of aliphatic hydroxyl groups is 2. The first-order valence-corrected chi connectivity index (χ1v) is 11.1. The number of rotatable bonds is 5. The van der Waals surface area contributed by atoms with Gasteiger partial charge in [-0.25, -0.2) is 9.59 Å². The fraction of sp³-hybridized carbons (Fsp3) is 0.652. The van der Waals surface area contributed by atoms with Gasteiger partial charge in [0.15, 0.2) is 12.2 Å². The number of carbonyl (C=O) groups excluding carboxylic acids is 2. The van der Waals surface area contributed by atoms with Gasteiger partial charge in [-0.15, -0.1) is 0 Å². The molecule has 1 aromatic carbocycles. The molecule has 4 atom stereocenters. The van der Waals surface area contributed by atoms with Crippen LogP contribution in [0, 0.1) is 11.8 Å². The van der Waals surface area contributed by atoms with Crippen LogP contribution in [-0.4, -0.2) is 57.8 Å². The number of benzene rings is 1. The quantitative estimate of drug-likeness (QED) is 0.679. The largest absolute Gasteiger partial charge is 0.438 e. The molecule has 4 rings (SSSR count). The summed E-state index contributed by atoms with van der Waals surface area (Å²) in [5.41, 5.74) is 0.0694. The molecule has 3 fully saturated rings. The normalized spacial score (nSPS) is 35.5. The number of aliphatic hydroxyl groups excluding tert-OH is 2. The van der Waals surface area contributed by atoms with Gasteiger partial charge < -0.3 is 24.5 Å². The van der Waals surface area contributed by atoms with Gasteiger partial charge in [0, 0.05) is 18.9 Å². The molecule has 31 heavy (non-hydrogen) atoms. The fourth-order valence-corrected chi connectivity index (χ4v) is 5.14. The predicted molar refractivity (Wildman–Crippen MR) is 109 cm³/mol. The summed E-state index contributed by atoms with van der Waals surface area (Å²) in [6.45, 7) is 3.11. The van der Waals surface area contributed by atoms with Gasteiger partial charge in [0.1, 0.15) is 0 Å². The minimum atomic E-state index is -1.94. The summed E-state index contributed by atoms with van der Waals surface area (Å²) < 4.78 is 11.8. The Kier molecular flexibility index (Phi) is 6.62. The van der Waals surface area contributed by atoms with E-state index in [1.54, 1.807) is 0 Å². The van der Waals surface area contributed by atoms with E-state index in [1.807, 2.05) is 30.3 Å². The summed E-state index contributed by atoms with van der Waals surface area (Å²) in [6.07, 6.45) is 0.869. The Balaban J connectivity index is 1.39. The zero-order valence-corrected chi connectivity index (χ0v) is 17.8. The lowest BCUT2D eigenvalue weighted by Crippen LogP contribution is -2.60. The van der Waals surface area contributed by atoms with Crippen molar-refractivity contribution in [1.82, 2.24) is 5.06 Å². The molecule has 8 heteroatoms. The van der Waals surface area contributed by atoms with E-state index < -0.39 is 29.9 Å². The number of carbonyl (C=O) groups is 2. The van der Waals surface area contributed by atoms with Gasteiger partial charge in [-0.2, -0.15) is 0 Å². The number of hydrogen-bond acceptors (Lipinski definition) is 8. The molecule has 1 saturated carbocycles. The first-order chi connectivity index (χ1) is 14.9. The lowest BCUT2D eigenvalue weighted by Gasteiger charge is -2.46. The van der Waals surface area contributed by atoms with Gasteiger partial charge in [0.25, 0.3) is 0 Å². The Hall–Kier alpha value is -2.00. The van der Waals surface area contributed by atoms with E-state index in [2.05, 4.69) is 6.92 Å². The average molecular weight is 434 g/mol. The highest BCUT2D eigenvalue weighted by atomic mass is 16.8. The Morgan fingerprint density at radius 3 is 2.48 bits per heavy atom. The first kappa shape index (κ1) is 22.2. The molecule has 0 aromatic heterocycles. The molecule has 2 saturated heterocycles. The molecule has 0 radical (unpaired) electrons. The van der Waals surface area contributed by atoms with Crippen LogP contribution in [0.2, 0.25) is 0 Å². The number of esters is 1. The molecule has 0 bridgehead atoms. The van der Waals surface area contributed by atoms with Gasteiger partial charge in [0.05, 0.1) is 12.7 Å². The van der Waals surface area contributed by atoms with Crippen LogP contribution < -0.4 is 0 Å². The molecule has 1 aromatic rings. The van der Waals surface area contributed by atoms with Crippen LogP contribution >= 0.6 is 0 Å². The van der Waals surface area contributed by atoms with Crippen LogP contribution in [-0.2, 0) is 30.5 Å². The molecule has 2 N–H and O–H groups in total. The van der Waals surface area contributed by atoms with Gasteiger partial charge in [-0.3, -0.25) is 0 Å². The van der Waals surface area contributed by atoms with Crippen molar-refractivity contribution in [2.75, 3.05) is 6.54 Å². The van der Waals surface area contributed by atoms with Crippen molar-refractivity contribution in [3.05, 3.63) is 35.9 Å². The van der Waals surface area contributed by atoms with E-state index in [0.29, 0.717) is 31.9 Å². The Bertz CT molecular complexity index is 779. The van der Waals surface area contributed by atoms with E-state index in [1.165, 1.54) is 5.06 Å². The Labute approximate surface area is 182 Å². The van der Waals surface area contributed by atoms with E-state index in [9.17, 15) is 19.8 Å². The number of ether oxygens (including phenoxy) is 2. The van der Waals surface area contributed by atoms with Crippen LogP contribution in [0.3, 0.4) is 0 Å². The predicted octanol–water partition coefficient (Wildman–Crippen LogP) is 1.93. The second-order valence-corrected chi connectivity index (χ2v) is 8.88. The van der Waals surface area contributed by atoms with Crippen LogP contribution in [0.15, 0.2) is 30.3 Å². The highest BCUT2D eigenvalue weighted by molar-refractivity contribution is 5.85. The maximum Gasteiger partial charge on any atom is 0.357 e. The smallest absolute Gasteiger partial charge is 0.357 e. The molecular weight excluding hydrogens is 402 g/mol. The number of hydroxylamine groups is 2. The maximum atomic E-state index is 12.4. The van der Waals surface area contributed by atoms with Crippen molar-refractivity contribution >= 4 is 11.9 Å². The summed E-state index contributed by atoms with van der Waals surface area (Å²) in [7, 11) is 0. The molecule has 0 amide bonds. The highest BCUT2D eigenvalue weighted by Crippen LogP contribution is 2.46. The SMILES string of the molecule is C[C@@H](OCc1ccccc1)C1CCC([C@]23CCCN2OC(=O)C(O)C(O)C(=O)O3)CC1. The average Bonchev–Trinajstić information content (AvgIpc) is 3.19. The summed E-state index contributed by atoms with van der Waals surface area (Å²) in [5.74, 6) is -1.62. The maximum absolute atomic E-state index is 12.4. The second kappa shape index (κ2) is 9.24. The van der Waals surface area contributed by atoms with Crippen molar-refractivity contribution in [1.29, 1.82) is 0 Å². The lowest BCUT2D eigenvalue weighted by atomic mass is 9.74. The third-order valence-corrected chi connectivity index (χ3v) is 7.01. The van der Waals surface area contributed by atoms with E-state index in [4.69, 9.17) is 14.3 Å². The van der Waals surface area contributed by atoms with Gasteiger partial charge in [0.2, 0.25) is 5.72 Å². The molecule has 8 nitrogen and oxygen atoms in total. The number of nitrogens with zero attached hydrogens (tertiary/aromatic N) is 1. The lowest BCUT2D eigenvalue weighted by molar-refractivity contribution is -0.305. The van der Waals surface area contributed by atoms with Crippen LogP contribution in [0.5, 0.6) is 0 Å². The molecule has 2 unspecified atom stereocenters. The zero-order valence-electron chi connectivity index (χ0n) is 17.8. The van der Waals surface area contributed by atoms with Crippen molar-refractivity contribution in [2.24, 2.45) is 11.8 Å². The van der Waals surface area contributed by atoms with Gasteiger partial charge in [-0.1, -0.05) is 35.4 Å². The van der Waals surface area contributed by atoms with Crippen molar-refractivity contribution in [3.63, 3.8) is 0 Å². The Morgan fingerprint density at radius 2 is 1.77 bits per heavy atom. The topological polar surface area (TPSA) is 106 Å². The van der Waals surface area contributed by atoms with Gasteiger partial charge in [-0.05, 0) is 50.5 Å². The number of hydrogen-bond donors (Lipinski definition) is 2. The third kappa shape index (κ3) is 4.48. The molecule has 0 spiro atoms. The Morgan fingerprint density at radius 1 is 1.10 bits per heavy atom. The van der Waals surface area contributed by atoms with Crippen LogP contribution in [0.4, 0.5) is 0 Å². The first-order valence-electron chi connectivity index (χ1n) is 11.1. The van der Waals surface area contributed by atoms with Crippen molar-refractivity contribution in [3.8, 4) is 0 Å². The zero-order chi connectivity index (χ0) is 22.0. The second-order valence-electron chi connectivity index (χ2n) is 8.88. The monoisotopic (exact) mass is 433 g/mol. The third-order valence-electron chi connectivity index (χ3n) is 7.01. The summed E-state index contributed by atoms with van der Waals surface area (Å²) in [5, 5.41) is 21.2.